The molecule has 158 valence electrons. The fourth-order valence-electron chi connectivity index (χ4n) is 3.59. The van der Waals surface area contributed by atoms with E-state index in [4.69, 9.17) is 9.47 Å². The molecular weight excluding hydrogens is 474 g/mol. The van der Waals surface area contributed by atoms with Gasteiger partial charge in [-0.3, -0.25) is 4.90 Å². The number of nitrogens with zero attached hydrogens (tertiary/aromatic N) is 2. The van der Waals surface area contributed by atoms with Crippen LogP contribution in [0, 0.1) is 5.82 Å². The van der Waals surface area contributed by atoms with Crippen LogP contribution in [0.25, 0.3) is 0 Å². The Kier molecular flexibility index (Phi) is 9.73. The summed E-state index contributed by atoms with van der Waals surface area (Å²) in [7, 11) is 0. The van der Waals surface area contributed by atoms with Crippen molar-refractivity contribution in [2.24, 2.45) is 4.99 Å². The van der Waals surface area contributed by atoms with Crippen LogP contribution in [0.15, 0.2) is 29.3 Å². The second-order valence-corrected chi connectivity index (χ2v) is 7.23. The molecule has 28 heavy (non-hydrogen) atoms. The molecule has 1 aromatic carbocycles. The summed E-state index contributed by atoms with van der Waals surface area (Å²) >= 11 is 0. The smallest absolute Gasteiger partial charge is 0.191 e. The van der Waals surface area contributed by atoms with Crippen molar-refractivity contribution < 1.29 is 13.9 Å². The van der Waals surface area contributed by atoms with E-state index in [0.717, 1.165) is 32.2 Å². The molecule has 0 radical (unpaired) electrons. The minimum atomic E-state index is -0.300. The topological polar surface area (TPSA) is 58.1 Å². The largest absolute Gasteiger partial charge is 0.489 e. The quantitative estimate of drug-likeness (QED) is 0.339. The van der Waals surface area contributed by atoms with Crippen molar-refractivity contribution in [3.05, 3.63) is 30.1 Å². The van der Waals surface area contributed by atoms with E-state index in [1.165, 1.54) is 31.5 Å². The number of morpholine rings is 1. The van der Waals surface area contributed by atoms with Crippen LogP contribution in [0.1, 0.15) is 26.7 Å². The number of ether oxygens (including phenoxy) is 2. The normalized spacial score (nSPS) is 23.5. The molecule has 0 saturated carbocycles. The van der Waals surface area contributed by atoms with Crippen LogP contribution < -0.4 is 15.4 Å². The maximum Gasteiger partial charge on any atom is 0.191 e. The fourth-order valence-corrected chi connectivity index (χ4v) is 3.59. The molecule has 2 N–H and O–H groups in total. The van der Waals surface area contributed by atoms with E-state index in [1.54, 1.807) is 12.1 Å². The Morgan fingerprint density at radius 2 is 2.29 bits per heavy atom. The molecule has 2 saturated heterocycles. The van der Waals surface area contributed by atoms with Gasteiger partial charge in [-0.1, -0.05) is 6.07 Å². The lowest BCUT2D eigenvalue weighted by molar-refractivity contribution is -0.0453. The van der Waals surface area contributed by atoms with Gasteiger partial charge in [-0.2, -0.15) is 0 Å². The van der Waals surface area contributed by atoms with Crippen LogP contribution in [0.2, 0.25) is 0 Å². The molecule has 3 unspecified atom stereocenters. The number of rotatable bonds is 7. The first kappa shape index (κ1) is 23.2. The van der Waals surface area contributed by atoms with Gasteiger partial charge in [0.15, 0.2) is 5.96 Å². The summed E-state index contributed by atoms with van der Waals surface area (Å²) in [6.45, 7) is 8.96. The first-order valence-corrected chi connectivity index (χ1v) is 9.94. The van der Waals surface area contributed by atoms with Gasteiger partial charge >= 0.3 is 0 Å². The Labute approximate surface area is 184 Å². The van der Waals surface area contributed by atoms with Gasteiger partial charge in [-0.25, -0.2) is 9.38 Å². The molecule has 8 heteroatoms. The highest BCUT2D eigenvalue weighted by atomic mass is 127. The highest BCUT2D eigenvalue weighted by Crippen LogP contribution is 2.22. The number of fused-ring (bicyclic) bond motifs is 1. The predicted octanol–water partition coefficient (Wildman–Crippen LogP) is 2.63. The van der Waals surface area contributed by atoms with Crippen molar-refractivity contribution in [3.8, 4) is 5.75 Å². The number of benzene rings is 1. The molecule has 3 rings (SSSR count). The van der Waals surface area contributed by atoms with Crippen molar-refractivity contribution >= 4 is 29.9 Å². The highest BCUT2D eigenvalue weighted by Gasteiger charge is 2.32. The molecule has 0 amide bonds. The third-order valence-corrected chi connectivity index (χ3v) is 4.94. The molecule has 0 spiro atoms. The van der Waals surface area contributed by atoms with Gasteiger partial charge in [0.1, 0.15) is 17.7 Å². The third-order valence-electron chi connectivity index (χ3n) is 4.94. The second kappa shape index (κ2) is 11.8. The maximum atomic E-state index is 13.2. The number of hydrogen-bond donors (Lipinski definition) is 2. The van der Waals surface area contributed by atoms with Gasteiger partial charge in [-0.15, -0.1) is 24.0 Å². The Morgan fingerprint density at radius 3 is 3.07 bits per heavy atom. The average molecular weight is 506 g/mol. The zero-order valence-corrected chi connectivity index (χ0v) is 19.0. The average Bonchev–Trinajstić information content (AvgIpc) is 3.12. The molecule has 0 bridgehead atoms. The van der Waals surface area contributed by atoms with Crippen LogP contribution in [0.3, 0.4) is 0 Å². The summed E-state index contributed by atoms with van der Waals surface area (Å²) in [5, 5.41) is 6.62. The molecule has 1 aromatic rings. The van der Waals surface area contributed by atoms with Gasteiger partial charge in [0, 0.05) is 31.7 Å². The van der Waals surface area contributed by atoms with Crippen molar-refractivity contribution in [1.82, 2.24) is 15.5 Å². The number of halogens is 2. The van der Waals surface area contributed by atoms with E-state index < -0.39 is 0 Å². The highest BCUT2D eigenvalue weighted by molar-refractivity contribution is 14.0. The summed E-state index contributed by atoms with van der Waals surface area (Å²) < 4.78 is 25.0. The fraction of sp³-hybridized carbons (Fsp3) is 0.650. The van der Waals surface area contributed by atoms with Gasteiger partial charge in [-0.05, 0) is 45.4 Å². The lowest BCUT2D eigenvalue weighted by Crippen LogP contribution is -2.51. The third kappa shape index (κ3) is 7.04. The molecule has 2 heterocycles. The van der Waals surface area contributed by atoms with Crippen LogP contribution >= 0.6 is 24.0 Å². The Balaban J connectivity index is 0.00000280. The number of guanidine groups is 1. The number of nitrogens with one attached hydrogen (secondary N) is 2. The van der Waals surface area contributed by atoms with Gasteiger partial charge < -0.3 is 20.1 Å². The van der Waals surface area contributed by atoms with Crippen molar-refractivity contribution in [1.29, 1.82) is 0 Å². The molecule has 2 aliphatic rings. The molecule has 0 aliphatic carbocycles. The first-order valence-electron chi connectivity index (χ1n) is 9.94. The molecule has 2 aliphatic heterocycles. The summed E-state index contributed by atoms with van der Waals surface area (Å²) in [5.41, 5.74) is 0. The maximum absolute atomic E-state index is 13.2. The minimum absolute atomic E-state index is 0. The van der Waals surface area contributed by atoms with Crippen LogP contribution in [0.4, 0.5) is 4.39 Å². The van der Waals surface area contributed by atoms with E-state index in [9.17, 15) is 4.39 Å². The summed E-state index contributed by atoms with van der Waals surface area (Å²) in [4.78, 5) is 7.13. The molecule has 2 fully saturated rings. The first-order chi connectivity index (χ1) is 13.1. The Morgan fingerprint density at radius 1 is 1.43 bits per heavy atom. The summed E-state index contributed by atoms with van der Waals surface area (Å²) in [5.74, 6) is 0.969. The van der Waals surface area contributed by atoms with Gasteiger partial charge in [0.2, 0.25) is 0 Å². The van der Waals surface area contributed by atoms with Crippen LogP contribution in [-0.4, -0.2) is 68.4 Å². The van der Waals surface area contributed by atoms with E-state index in [-0.39, 0.29) is 42.0 Å². The standard InChI is InChI=1S/C20H31FN4O2.HI/c1-3-22-20(23-11-15(2)27-18-8-4-6-16(21)10-18)24-12-19-13-25-9-5-7-17(25)14-26-19;/h4,6,8,10,15,17,19H,3,5,7,9,11-14H2,1-2H3,(H2,22,23,24);1H. The zero-order chi connectivity index (χ0) is 19.1. The van der Waals surface area contributed by atoms with Gasteiger partial charge in [0.05, 0.1) is 19.3 Å². The molecule has 3 atom stereocenters. The van der Waals surface area contributed by atoms with Crippen molar-refractivity contribution in [2.75, 3.05) is 39.3 Å². The second-order valence-electron chi connectivity index (χ2n) is 7.23. The number of aliphatic imine (C=N–C) groups is 1. The van der Waals surface area contributed by atoms with Crippen molar-refractivity contribution in [2.45, 2.75) is 44.9 Å². The van der Waals surface area contributed by atoms with E-state index in [1.807, 2.05) is 13.8 Å². The van der Waals surface area contributed by atoms with E-state index >= 15 is 0 Å². The van der Waals surface area contributed by atoms with E-state index in [0.29, 0.717) is 18.3 Å². The minimum Gasteiger partial charge on any atom is -0.489 e. The lowest BCUT2D eigenvalue weighted by Gasteiger charge is -2.35. The monoisotopic (exact) mass is 506 g/mol. The number of hydrogen-bond acceptors (Lipinski definition) is 4. The lowest BCUT2D eigenvalue weighted by atomic mass is 10.2. The molecule has 6 nitrogen and oxygen atoms in total. The van der Waals surface area contributed by atoms with Crippen LogP contribution in [0.5, 0.6) is 5.75 Å². The van der Waals surface area contributed by atoms with Gasteiger partial charge in [0.25, 0.3) is 0 Å². The van der Waals surface area contributed by atoms with Crippen LogP contribution in [-0.2, 0) is 4.74 Å². The van der Waals surface area contributed by atoms with E-state index in [2.05, 4.69) is 20.5 Å². The summed E-state index contributed by atoms with van der Waals surface area (Å²) in [6.07, 6.45) is 2.57. The van der Waals surface area contributed by atoms with Crippen molar-refractivity contribution in [3.63, 3.8) is 0 Å². The summed E-state index contributed by atoms with van der Waals surface area (Å²) in [6, 6.07) is 6.79. The Hall–Kier alpha value is -1.13. The molecule has 0 aromatic heterocycles. The predicted molar refractivity (Wildman–Crippen MR) is 120 cm³/mol. The Bertz CT molecular complexity index is 634. The SMILES string of the molecule is CCNC(=NCC(C)Oc1cccc(F)c1)NCC1CN2CCCC2CO1.I. The molecular formula is C20H32FIN4O2. The zero-order valence-electron chi connectivity index (χ0n) is 16.7.